The maximum Gasteiger partial charge on any atom is 0.276 e. The average Bonchev–Trinajstić information content (AvgIpc) is 2.46. The Balaban J connectivity index is 1.67. The SMILES string of the molecule is O=C1NC(NCc2ccccc2)Nc2nccnc21. The van der Waals surface area contributed by atoms with Crippen LogP contribution in [-0.4, -0.2) is 22.2 Å². The van der Waals surface area contributed by atoms with Crippen molar-refractivity contribution in [2.75, 3.05) is 5.32 Å². The molecule has 0 saturated carbocycles. The monoisotopic (exact) mass is 255 g/mol. The molecular formula is C13H13N5O. The molecule has 3 N–H and O–H groups in total. The van der Waals surface area contributed by atoms with Gasteiger partial charge in [-0.25, -0.2) is 9.97 Å². The van der Waals surface area contributed by atoms with Crippen LogP contribution in [0.3, 0.4) is 0 Å². The fraction of sp³-hybridized carbons (Fsp3) is 0.154. The van der Waals surface area contributed by atoms with Crippen molar-refractivity contribution in [3.05, 3.63) is 54.0 Å². The summed E-state index contributed by atoms with van der Waals surface area (Å²) in [5.74, 6) is 0.268. The number of aromatic nitrogens is 2. The average molecular weight is 255 g/mol. The van der Waals surface area contributed by atoms with E-state index in [1.807, 2.05) is 30.3 Å². The number of anilines is 1. The lowest BCUT2D eigenvalue weighted by atomic mass is 10.2. The molecular weight excluding hydrogens is 242 g/mol. The highest BCUT2D eigenvalue weighted by Crippen LogP contribution is 2.13. The highest BCUT2D eigenvalue weighted by Gasteiger charge is 2.24. The molecule has 1 aliphatic rings. The van der Waals surface area contributed by atoms with E-state index in [9.17, 15) is 4.79 Å². The molecule has 3 rings (SSSR count). The summed E-state index contributed by atoms with van der Waals surface area (Å²) in [4.78, 5) is 19.9. The molecule has 1 aromatic heterocycles. The van der Waals surface area contributed by atoms with E-state index in [0.29, 0.717) is 18.1 Å². The molecule has 2 aromatic rings. The quantitative estimate of drug-likeness (QED) is 0.752. The van der Waals surface area contributed by atoms with Gasteiger partial charge in [-0.05, 0) is 5.56 Å². The molecule has 96 valence electrons. The molecule has 1 aliphatic heterocycles. The first-order chi connectivity index (χ1) is 9.33. The molecule has 2 heterocycles. The zero-order chi connectivity index (χ0) is 13.1. The van der Waals surface area contributed by atoms with Gasteiger partial charge in [0, 0.05) is 18.9 Å². The summed E-state index contributed by atoms with van der Waals surface area (Å²) in [5.41, 5.74) is 1.46. The molecule has 1 unspecified atom stereocenters. The van der Waals surface area contributed by atoms with E-state index in [0.717, 1.165) is 5.56 Å². The minimum atomic E-state index is -0.350. The normalized spacial score (nSPS) is 17.3. The third-order valence-electron chi connectivity index (χ3n) is 2.82. The lowest BCUT2D eigenvalue weighted by molar-refractivity contribution is 0.0922. The number of nitrogens with zero attached hydrogens (tertiary/aromatic N) is 2. The number of nitrogens with one attached hydrogen (secondary N) is 3. The Hall–Kier alpha value is -2.47. The summed E-state index contributed by atoms with van der Waals surface area (Å²) < 4.78 is 0. The molecule has 0 fully saturated rings. The highest BCUT2D eigenvalue weighted by molar-refractivity contribution is 5.98. The van der Waals surface area contributed by atoms with Crippen molar-refractivity contribution in [1.29, 1.82) is 0 Å². The van der Waals surface area contributed by atoms with E-state index in [-0.39, 0.29) is 12.2 Å². The summed E-state index contributed by atoms with van der Waals surface area (Å²) in [7, 11) is 0. The van der Waals surface area contributed by atoms with Gasteiger partial charge in [-0.15, -0.1) is 0 Å². The lowest BCUT2D eigenvalue weighted by Crippen LogP contribution is -2.53. The van der Waals surface area contributed by atoms with Gasteiger partial charge in [-0.2, -0.15) is 0 Å². The molecule has 1 atom stereocenters. The zero-order valence-electron chi connectivity index (χ0n) is 10.1. The second kappa shape index (κ2) is 5.03. The van der Waals surface area contributed by atoms with E-state index in [1.165, 1.54) is 6.20 Å². The molecule has 6 nitrogen and oxygen atoms in total. The Kier molecular flexibility index (Phi) is 3.07. The largest absolute Gasteiger partial charge is 0.336 e. The van der Waals surface area contributed by atoms with E-state index in [4.69, 9.17) is 0 Å². The predicted molar refractivity (Wildman–Crippen MR) is 70.2 cm³/mol. The highest BCUT2D eigenvalue weighted by atomic mass is 16.2. The molecule has 1 aromatic carbocycles. The first-order valence-electron chi connectivity index (χ1n) is 5.98. The Morgan fingerprint density at radius 3 is 2.74 bits per heavy atom. The van der Waals surface area contributed by atoms with E-state index >= 15 is 0 Å². The number of amides is 1. The van der Waals surface area contributed by atoms with Crippen LogP contribution in [0.4, 0.5) is 5.82 Å². The zero-order valence-corrected chi connectivity index (χ0v) is 10.1. The van der Waals surface area contributed by atoms with Crippen LogP contribution in [0.2, 0.25) is 0 Å². The summed E-state index contributed by atoms with van der Waals surface area (Å²) in [6, 6.07) is 9.96. The first kappa shape index (κ1) is 11.6. The van der Waals surface area contributed by atoms with Crippen LogP contribution in [0, 0.1) is 0 Å². The van der Waals surface area contributed by atoms with Crippen molar-refractivity contribution in [2.45, 2.75) is 12.8 Å². The molecule has 0 bridgehead atoms. The van der Waals surface area contributed by atoms with Crippen molar-refractivity contribution in [2.24, 2.45) is 0 Å². The minimum Gasteiger partial charge on any atom is -0.336 e. The number of carbonyl (C=O) groups excluding carboxylic acids is 1. The van der Waals surface area contributed by atoms with Crippen LogP contribution in [0.5, 0.6) is 0 Å². The summed E-state index contributed by atoms with van der Waals surface area (Å²) >= 11 is 0. The number of hydrogen-bond donors (Lipinski definition) is 3. The van der Waals surface area contributed by atoms with Gasteiger partial charge in [-0.3, -0.25) is 10.1 Å². The van der Waals surface area contributed by atoms with Gasteiger partial charge in [0.15, 0.2) is 17.8 Å². The van der Waals surface area contributed by atoms with Gasteiger partial charge in [-0.1, -0.05) is 30.3 Å². The Morgan fingerprint density at radius 1 is 1.11 bits per heavy atom. The van der Waals surface area contributed by atoms with Gasteiger partial charge < -0.3 is 10.6 Å². The van der Waals surface area contributed by atoms with Crippen LogP contribution in [0.1, 0.15) is 16.1 Å². The van der Waals surface area contributed by atoms with Crippen molar-refractivity contribution in [3.8, 4) is 0 Å². The Labute approximate surface area is 110 Å². The van der Waals surface area contributed by atoms with Crippen molar-refractivity contribution in [1.82, 2.24) is 20.6 Å². The van der Waals surface area contributed by atoms with E-state index in [1.54, 1.807) is 6.20 Å². The van der Waals surface area contributed by atoms with Crippen LogP contribution in [0.15, 0.2) is 42.7 Å². The van der Waals surface area contributed by atoms with Crippen LogP contribution >= 0.6 is 0 Å². The Morgan fingerprint density at radius 2 is 1.89 bits per heavy atom. The number of carbonyl (C=O) groups is 1. The maximum atomic E-state index is 11.8. The summed E-state index contributed by atoms with van der Waals surface area (Å²) in [5, 5.41) is 9.06. The number of hydrogen-bond acceptors (Lipinski definition) is 5. The molecule has 0 spiro atoms. The molecule has 6 heteroatoms. The standard InChI is InChI=1S/C13H13N5O/c19-12-10-11(15-7-6-14-10)17-13(18-12)16-8-9-4-2-1-3-5-9/h1-7,13,16H,8H2,(H,15,17)(H,18,19). The van der Waals surface area contributed by atoms with Crippen LogP contribution in [-0.2, 0) is 6.54 Å². The van der Waals surface area contributed by atoms with Gasteiger partial charge >= 0.3 is 0 Å². The number of benzene rings is 1. The first-order valence-corrected chi connectivity index (χ1v) is 5.98. The van der Waals surface area contributed by atoms with Crippen molar-refractivity contribution < 1.29 is 4.79 Å². The van der Waals surface area contributed by atoms with Gasteiger partial charge in [0.1, 0.15) is 0 Å². The second-order valence-electron chi connectivity index (χ2n) is 4.17. The predicted octanol–water partition coefficient (Wildman–Crippen LogP) is 0.705. The second-order valence-corrected chi connectivity index (χ2v) is 4.17. The molecule has 1 amide bonds. The fourth-order valence-electron chi connectivity index (χ4n) is 1.90. The third kappa shape index (κ3) is 2.53. The van der Waals surface area contributed by atoms with Crippen LogP contribution < -0.4 is 16.0 Å². The minimum absolute atomic E-state index is 0.229. The van der Waals surface area contributed by atoms with Gasteiger partial charge in [0.05, 0.1) is 0 Å². The van der Waals surface area contributed by atoms with Crippen molar-refractivity contribution in [3.63, 3.8) is 0 Å². The molecule has 0 saturated heterocycles. The molecule has 0 aliphatic carbocycles. The van der Waals surface area contributed by atoms with Crippen molar-refractivity contribution >= 4 is 11.7 Å². The summed E-state index contributed by atoms with van der Waals surface area (Å²) in [6.45, 7) is 0.647. The topological polar surface area (TPSA) is 78.9 Å². The lowest BCUT2D eigenvalue weighted by Gasteiger charge is -2.26. The summed E-state index contributed by atoms with van der Waals surface area (Å²) in [6.07, 6.45) is 2.70. The van der Waals surface area contributed by atoms with E-state index < -0.39 is 0 Å². The number of rotatable bonds is 3. The smallest absolute Gasteiger partial charge is 0.276 e. The van der Waals surface area contributed by atoms with Gasteiger partial charge in [0.2, 0.25) is 0 Å². The number of fused-ring (bicyclic) bond motifs is 1. The van der Waals surface area contributed by atoms with E-state index in [2.05, 4.69) is 25.9 Å². The fourth-order valence-corrected chi connectivity index (χ4v) is 1.90. The molecule has 19 heavy (non-hydrogen) atoms. The molecule has 0 radical (unpaired) electrons. The van der Waals surface area contributed by atoms with Crippen LogP contribution in [0.25, 0.3) is 0 Å². The maximum absolute atomic E-state index is 11.8. The van der Waals surface area contributed by atoms with Gasteiger partial charge in [0.25, 0.3) is 5.91 Å². The third-order valence-corrected chi connectivity index (χ3v) is 2.82. The Bertz CT molecular complexity index is 587.